The van der Waals surface area contributed by atoms with Crippen molar-refractivity contribution >= 4 is 28.8 Å². The van der Waals surface area contributed by atoms with E-state index in [-0.39, 0.29) is 38.2 Å². The lowest BCUT2D eigenvalue weighted by atomic mass is 9.73. The van der Waals surface area contributed by atoms with Crippen molar-refractivity contribution in [3.8, 4) is 0 Å². The van der Waals surface area contributed by atoms with Crippen LogP contribution in [0, 0.1) is 11.8 Å². The zero-order valence-electron chi connectivity index (χ0n) is 21.4. The fraction of sp³-hybridized carbons (Fsp3) is 0.519. The van der Waals surface area contributed by atoms with Gasteiger partial charge >= 0.3 is 5.97 Å². The summed E-state index contributed by atoms with van der Waals surface area (Å²) in [6, 6.07) is 5.80. The highest BCUT2D eigenvalue weighted by molar-refractivity contribution is 5.99. The molecule has 0 radical (unpaired) electrons. The number of para-hydroxylation sites is 1. The summed E-state index contributed by atoms with van der Waals surface area (Å²) >= 11 is 0. The first kappa shape index (κ1) is 24.7. The van der Waals surface area contributed by atoms with Gasteiger partial charge < -0.3 is 24.4 Å². The van der Waals surface area contributed by atoms with E-state index in [1.54, 1.807) is 21.7 Å². The number of cyclic esters (lactones) is 1. The number of likely N-dealkylation sites (tertiary alicyclic amines) is 1. The van der Waals surface area contributed by atoms with Crippen LogP contribution in [0.5, 0.6) is 0 Å². The standard InChI is InChI=1S/C27H31N5O6/c1-3-17(15-33)32-22-24(35)30(16-31-19-10-6-5-9-18(19)28-29-31)13-7-12-27(22)20(23(32)34)21-25(36)37-14-8-11-26(21,4-2)38-27/h5-12,17,20-22,33H,3-4,13-16H2,1-2H3/t17-,20-,21+,22?,26-,27-/m0/s1. The first-order valence-corrected chi connectivity index (χ1v) is 13.1. The van der Waals surface area contributed by atoms with Gasteiger partial charge in [-0.25, -0.2) is 4.68 Å². The second-order valence-electron chi connectivity index (χ2n) is 10.3. The van der Waals surface area contributed by atoms with Crippen molar-refractivity contribution < 1.29 is 29.0 Å². The number of nitrogens with zero attached hydrogens (tertiary/aromatic N) is 5. The lowest BCUT2D eigenvalue weighted by Gasteiger charge is -2.40. The normalized spacial score (nSPS) is 33.1. The minimum Gasteiger partial charge on any atom is -0.461 e. The molecule has 2 fully saturated rings. The van der Waals surface area contributed by atoms with Crippen LogP contribution in [0.15, 0.2) is 48.6 Å². The van der Waals surface area contributed by atoms with Gasteiger partial charge in [-0.15, -0.1) is 5.10 Å². The number of hydrogen-bond donors (Lipinski definition) is 1. The van der Waals surface area contributed by atoms with Crippen LogP contribution >= 0.6 is 0 Å². The maximum absolute atomic E-state index is 14.4. The number of aliphatic hydroxyl groups excluding tert-OH is 1. The van der Waals surface area contributed by atoms with Gasteiger partial charge in [0.2, 0.25) is 5.91 Å². The van der Waals surface area contributed by atoms with Gasteiger partial charge in [-0.3, -0.25) is 14.4 Å². The summed E-state index contributed by atoms with van der Waals surface area (Å²) < 4.78 is 13.9. The molecule has 2 saturated heterocycles. The SMILES string of the molecule is CC[C@@H](CO)N1C(=O)[C@@H]2[C@@H]3C(=O)OCC=C[C@]3(CC)O[C@@]23C=CCN(Cn2nnc4ccccc42)C(=O)C13. The molecule has 2 aromatic rings. The highest BCUT2D eigenvalue weighted by Crippen LogP contribution is 2.58. The van der Waals surface area contributed by atoms with Crippen LogP contribution in [0.1, 0.15) is 26.7 Å². The minimum atomic E-state index is -1.39. The van der Waals surface area contributed by atoms with Crippen molar-refractivity contribution in [2.75, 3.05) is 19.8 Å². The third-order valence-electron chi connectivity index (χ3n) is 8.52. The number of aliphatic hydroxyl groups is 1. The summed E-state index contributed by atoms with van der Waals surface area (Å²) in [5.74, 6) is -3.10. The van der Waals surface area contributed by atoms with Gasteiger partial charge in [0.15, 0.2) is 0 Å². The third-order valence-corrected chi connectivity index (χ3v) is 8.52. The molecule has 4 aliphatic heterocycles. The summed E-state index contributed by atoms with van der Waals surface area (Å²) in [7, 11) is 0. The van der Waals surface area contributed by atoms with Gasteiger partial charge in [-0.1, -0.05) is 49.4 Å². The fourth-order valence-electron chi connectivity index (χ4n) is 6.70. The molecule has 1 unspecified atom stereocenters. The maximum atomic E-state index is 14.4. The lowest BCUT2D eigenvalue weighted by molar-refractivity contribution is -0.161. The lowest BCUT2D eigenvalue weighted by Crippen LogP contribution is -2.58. The molecular weight excluding hydrogens is 490 g/mol. The average molecular weight is 522 g/mol. The van der Waals surface area contributed by atoms with Gasteiger partial charge in [0.05, 0.1) is 24.1 Å². The molecule has 1 N–H and O–H groups in total. The number of benzene rings is 1. The fourth-order valence-corrected chi connectivity index (χ4v) is 6.70. The molecule has 1 spiro atoms. The number of aromatic nitrogens is 3. The first-order chi connectivity index (χ1) is 18.4. The highest BCUT2D eigenvalue weighted by Gasteiger charge is 2.76. The Morgan fingerprint density at radius 1 is 1.11 bits per heavy atom. The molecule has 4 aliphatic rings. The Kier molecular flexibility index (Phi) is 5.88. The number of amides is 2. The quantitative estimate of drug-likeness (QED) is 0.441. The number of rotatable bonds is 6. The van der Waals surface area contributed by atoms with Gasteiger partial charge in [-0.2, -0.15) is 0 Å². The van der Waals surface area contributed by atoms with Crippen molar-refractivity contribution in [3.05, 3.63) is 48.6 Å². The van der Waals surface area contributed by atoms with E-state index >= 15 is 0 Å². The molecule has 6 rings (SSSR count). The second-order valence-corrected chi connectivity index (χ2v) is 10.3. The molecule has 0 saturated carbocycles. The summed E-state index contributed by atoms with van der Waals surface area (Å²) in [6.45, 7) is 3.90. The van der Waals surface area contributed by atoms with Crippen molar-refractivity contribution in [1.82, 2.24) is 24.8 Å². The van der Waals surface area contributed by atoms with E-state index in [1.165, 1.54) is 4.90 Å². The molecule has 6 atom stereocenters. The zero-order chi connectivity index (χ0) is 26.7. The Morgan fingerprint density at radius 3 is 2.68 bits per heavy atom. The topological polar surface area (TPSA) is 127 Å². The van der Waals surface area contributed by atoms with Gasteiger partial charge in [0, 0.05) is 6.54 Å². The minimum absolute atomic E-state index is 0.101. The Labute approximate surface area is 219 Å². The maximum Gasteiger partial charge on any atom is 0.313 e. The summed E-state index contributed by atoms with van der Waals surface area (Å²) in [5.41, 5.74) is -0.988. The molecule has 2 amide bonds. The number of ether oxygens (including phenoxy) is 2. The van der Waals surface area contributed by atoms with E-state index in [2.05, 4.69) is 10.3 Å². The summed E-state index contributed by atoms with van der Waals surface area (Å²) in [5, 5.41) is 18.7. The molecule has 0 bridgehead atoms. The summed E-state index contributed by atoms with van der Waals surface area (Å²) in [6.07, 6.45) is 8.02. The molecule has 11 heteroatoms. The van der Waals surface area contributed by atoms with Crippen LogP contribution in [-0.2, 0) is 30.5 Å². The molecule has 0 aliphatic carbocycles. The molecule has 38 heavy (non-hydrogen) atoms. The van der Waals surface area contributed by atoms with E-state index in [4.69, 9.17) is 9.47 Å². The molecule has 1 aromatic heterocycles. The van der Waals surface area contributed by atoms with E-state index in [1.807, 2.05) is 50.3 Å². The predicted octanol–water partition coefficient (Wildman–Crippen LogP) is 1.03. The van der Waals surface area contributed by atoms with E-state index in [9.17, 15) is 19.5 Å². The van der Waals surface area contributed by atoms with Crippen LogP contribution in [0.3, 0.4) is 0 Å². The molecule has 1 aromatic carbocycles. The average Bonchev–Trinajstić information content (AvgIpc) is 3.46. The first-order valence-electron chi connectivity index (χ1n) is 13.1. The Hall–Kier alpha value is -3.57. The van der Waals surface area contributed by atoms with Gasteiger partial charge in [-0.05, 0) is 31.1 Å². The van der Waals surface area contributed by atoms with Gasteiger partial charge in [0.1, 0.15) is 42.0 Å². The molecule has 200 valence electrons. The number of esters is 1. The Morgan fingerprint density at radius 2 is 1.92 bits per heavy atom. The largest absolute Gasteiger partial charge is 0.461 e. The van der Waals surface area contributed by atoms with Crippen LogP contribution in [0.2, 0.25) is 0 Å². The van der Waals surface area contributed by atoms with Crippen LogP contribution in [-0.4, -0.2) is 90.7 Å². The van der Waals surface area contributed by atoms with Crippen molar-refractivity contribution in [3.63, 3.8) is 0 Å². The van der Waals surface area contributed by atoms with Crippen LogP contribution in [0.4, 0.5) is 0 Å². The number of carbonyl (C=O) groups excluding carboxylic acids is 3. The highest BCUT2D eigenvalue weighted by atomic mass is 16.6. The number of carbonyl (C=O) groups is 3. The van der Waals surface area contributed by atoms with Crippen molar-refractivity contribution in [2.45, 2.75) is 56.6 Å². The molecule has 5 heterocycles. The Bertz CT molecular complexity index is 1350. The molecule has 11 nitrogen and oxygen atoms in total. The Balaban J connectivity index is 1.46. The monoisotopic (exact) mass is 521 g/mol. The second kappa shape index (κ2) is 9.02. The van der Waals surface area contributed by atoms with Crippen LogP contribution < -0.4 is 0 Å². The van der Waals surface area contributed by atoms with E-state index in [0.29, 0.717) is 18.4 Å². The number of fused-ring (bicyclic) bond motifs is 3. The van der Waals surface area contributed by atoms with E-state index in [0.717, 1.165) is 5.52 Å². The van der Waals surface area contributed by atoms with E-state index < -0.39 is 41.1 Å². The van der Waals surface area contributed by atoms with Gasteiger partial charge in [0.25, 0.3) is 5.91 Å². The number of hydrogen-bond acceptors (Lipinski definition) is 8. The van der Waals surface area contributed by atoms with Crippen molar-refractivity contribution in [2.24, 2.45) is 11.8 Å². The zero-order valence-corrected chi connectivity index (χ0v) is 21.4. The third kappa shape index (κ3) is 3.31. The molecular formula is C27H31N5O6. The summed E-state index contributed by atoms with van der Waals surface area (Å²) in [4.78, 5) is 45.0. The van der Waals surface area contributed by atoms with Crippen LogP contribution in [0.25, 0.3) is 11.0 Å². The van der Waals surface area contributed by atoms with Crippen molar-refractivity contribution in [1.29, 1.82) is 0 Å². The smallest absolute Gasteiger partial charge is 0.313 e. The predicted molar refractivity (Wildman–Crippen MR) is 134 cm³/mol.